The zero-order valence-corrected chi connectivity index (χ0v) is 19.3. The van der Waals surface area contributed by atoms with E-state index in [1.54, 1.807) is 0 Å². The minimum atomic E-state index is -0.121. The molecular weight excluding hydrogens is 394 g/mol. The van der Waals surface area contributed by atoms with Crippen molar-refractivity contribution in [2.45, 2.75) is 26.8 Å². The average molecular weight is 426 g/mol. The molecule has 0 bridgehead atoms. The Hall–Kier alpha value is -3.79. The molecule has 32 heavy (non-hydrogen) atoms. The van der Waals surface area contributed by atoms with Crippen LogP contribution in [0.5, 0.6) is 0 Å². The summed E-state index contributed by atoms with van der Waals surface area (Å²) in [5, 5.41) is 9.60. The van der Waals surface area contributed by atoms with Crippen LogP contribution in [0, 0.1) is 13.8 Å². The molecule has 0 aromatic heterocycles. The second-order valence-electron chi connectivity index (χ2n) is 8.00. The van der Waals surface area contributed by atoms with Crippen molar-refractivity contribution in [3.05, 3.63) is 113 Å². The molecule has 0 aliphatic heterocycles. The Bertz CT molecular complexity index is 1150. The van der Waals surface area contributed by atoms with Crippen LogP contribution in [-0.4, -0.2) is 13.0 Å². The van der Waals surface area contributed by atoms with E-state index in [2.05, 4.69) is 55.1 Å². The van der Waals surface area contributed by atoms with E-state index in [1.165, 1.54) is 0 Å². The summed E-state index contributed by atoms with van der Waals surface area (Å²) in [5.41, 5.74) is 8.54. The molecule has 3 rings (SSSR count). The predicted molar refractivity (Wildman–Crippen MR) is 135 cm³/mol. The van der Waals surface area contributed by atoms with Gasteiger partial charge in [-0.05, 0) is 56.2 Å². The van der Waals surface area contributed by atoms with Crippen molar-refractivity contribution < 1.29 is 4.79 Å². The summed E-state index contributed by atoms with van der Waals surface area (Å²) in [6, 6.07) is 21.5. The SMILES string of the molecule is C=C(NC)c1cccc(C(=C)NC(C)c2cccc(NC(=O)c3ccc(C)cc3)c2)c1C. The number of hydrogen-bond acceptors (Lipinski definition) is 3. The fourth-order valence-electron chi connectivity index (χ4n) is 3.64. The van der Waals surface area contributed by atoms with Gasteiger partial charge in [0.05, 0.1) is 0 Å². The molecule has 0 radical (unpaired) electrons. The second kappa shape index (κ2) is 10.0. The lowest BCUT2D eigenvalue weighted by Gasteiger charge is -2.21. The highest BCUT2D eigenvalue weighted by molar-refractivity contribution is 6.04. The van der Waals surface area contributed by atoms with Gasteiger partial charge >= 0.3 is 0 Å². The van der Waals surface area contributed by atoms with Crippen molar-refractivity contribution in [2.75, 3.05) is 12.4 Å². The molecule has 0 heterocycles. The van der Waals surface area contributed by atoms with E-state index in [1.807, 2.05) is 68.6 Å². The molecule has 0 aliphatic carbocycles. The smallest absolute Gasteiger partial charge is 0.255 e. The number of benzene rings is 3. The van der Waals surface area contributed by atoms with Gasteiger partial charge in [-0.15, -0.1) is 0 Å². The van der Waals surface area contributed by atoms with Crippen LogP contribution < -0.4 is 16.0 Å². The third-order valence-electron chi connectivity index (χ3n) is 5.63. The highest BCUT2D eigenvalue weighted by Gasteiger charge is 2.13. The van der Waals surface area contributed by atoms with Crippen molar-refractivity contribution >= 4 is 23.0 Å². The van der Waals surface area contributed by atoms with Crippen LogP contribution >= 0.6 is 0 Å². The molecular formula is C28H31N3O. The Morgan fingerprint density at radius 2 is 1.50 bits per heavy atom. The van der Waals surface area contributed by atoms with E-state index in [4.69, 9.17) is 0 Å². The summed E-state index contributed by atoms with van der Waals surface area (Å²) in [6.07, 6.45) is 0. The number of hydrogen-bond donors (Lipinski definition) is 3. The lowest BCUT2D eigenvalue weighted by Crippen LogP contribution is -2.18. The van der Waals surface area contributed by atoms with Crippen LogP contribution in [-0.2, 0) is 0 Å². The van der Waals surface area contributed by atoms with Gasteiger partial charge in [0.25, 0.3) is 5.91 Å². The van der Waals surface area contributed by atoms with Crippen LogP contribution in [0.1, 0.15) is 51.1 Å². The molecule has 164 valence electrons. The second-order valence-corrected chi connectivity index (χ2v) is 8.00. The molecule has 3 aromatic rings. The van der Waals surface area contributed by atoms with Gasteiger partial charge < -0.3 is 16.0 Å². The summed E-state index contributed by atoms with van der Waals surface area (Å²) in [5.74, 6) is -0.121. The maximum atomic E-state index is 12.6. The molecule has 4 heteroatoms. The van der Waals surface area contributed by atoms with Gasteiger partial charge in [0, 0.05) is 46.9 Å². The normalized spacial score (nSPS) is 11.4. The van der Waals surface area contributed by atoms with Gasteiger partial charge in [-0.1, -0.05) is 61.2 Å². The topological polar surface area (TPSA) is 53.2 Å². The molecule has 4 nitrogen and oxygen atoms in total. The minimum absolute atomic E-state index is 0.00860. The van der Waals surface area contributed by atoms with Gasteiger partial charge in [0.15, 0.2) is 0 Å². The van der Waals surface area contributed by atoms with E-state index in [0.717, 1.165) is 44.9 Å². The van der Waals surface area contributed by atoms with Crippen LogP contribution in [0.3, 0.4) is 0 Å². The maximum Gasteiger partial charge on any atom is 0.255 e. The Kier molecular flexibility index (Phi) is 7.16. The van der Waals surface area contributed by atoms with Gasteiger partial charge in [-0.2, -0.15) is 0 Å². The lowest BCUT2D eigenvalue weighted by molar-refractivity contribution is 0.102. The van der Waals surface area contributed by atoms with Crippen molar-refractivity contribution in [2.24, 2.45) is 0 Å². The van der Waals surface area contributed by atoms with E-state index < -0.39 is 0 Å². The summed E-state index contributed by atoms with van der Waals surface area (Å²) < 4.78 is 0. The number of aryl methyl sites for hydroxylation is 1. The van der Waals surface area contributed by atoms with Crippen molar-refractivity contribution in [3.63, 3.8) is 0 Å². The summed E-state index contributed by atoms with van der Waals surface area (Å²) in [7, 11) is 1.87. The van der Waals surface area contributed by atoms with Gasteiger partial charge in [0.1, 0.15) is 0 Å². The molecule has 1 unspecified atom stereocenters. The van der Waals surface area contributed by atoms with Crippen LogP contribution in [0.15, 0.2) is 79.9 Å². The fraction of sp³-hybridized carbons (Fsp3) is 0.179. The molecule has 0 fully saturated rings. The van der Waals surface area contributed by atoms with Gasteiger partial charge in [-0.25, -0.2) is 0 Å². The highest BCUT2D eigenvalue weighted by atomic mass is 16.1. The first-order valence-electron chi connectivity index (χ1n) is 10.7. The molecule has 0 saturated heterocycles. The zero-order chi connectivity index (χ0) is 23.3. The zero-order valence-electron chi connectivity index (χ0n) is 19.3. The number of anilines is 1. The molecule has 1 atom stereocenters. The number of carbonyl (C=O) groups is 1. The quantitative estimate of drug-likeness (QED) is 0.411. The monoisotopic (exact) mass is 425 g/mol. The van der Waals surface area contributed by atoms with Gasteiger partial charge in [0.2, 0.25) is 0 Å². The Morgan fingerprint density at radius 3 is 2.16 bits per heavy atom. The molecule has 0 aliphatic rings. The Labute approximate surface area is 191 Å². The summed E-state index contributed by atoms with van der Waals surface area (Å²) in [6.45, 7) is 14.5. The first-order valence-corrected chi connectivity index (χ1v) is 10.7. The number of nitrogens with one attached hydrogen (secondary N) is 3. The fourth-order valence-corrected chi connectivity index (χ4v) is 3.64. The number of amides is 1. The summed E-state index contributed by atoms with van der Waals surface area (Å²) >= 11 is 0. The minimum Gasteiger partial charge on any atom is -0.388 e. The van der Waals surface area contributed by atoms with E-state index >= 15 is 0 Å². The van der Waals surface area contributed by atoms with Crippen molar-refractivity contribution in [1.29, 1.82) is 0 Å². The van der Waals surface area contributed by atoms with E-state index in [-0.39, 0.29) is 11.9 Å². The number of carbonyl (C=O) groups excluding carboxylic acids is 1. The van der Waals surface area contributed by atoms with Crippen molar-refractivity contribution in [3.8, 4) is 0 Å². The van der Waals surface area contributed by atoms with Crippen LogP contribution in [0.2, 0.25) is 0 Å². The standard InChI is InChI=1S/C28H31N3O/c1-18-13-15-23(16-14-18)28(32)31-25-10-7-9-24(17-25)20(3)30-22(5)27-12-8-11-26(19(27)2)21(4)29-6/h7-17,20,29-30H,4-5H2,1-3,6H3,(H,31,32). The van der Waals surface area contributed by atoms with E-state index in [9.17, 15) is 4.79 Å². The first kappa shape index (κ1) is 22.9. The Morgan fingerprint density at radius 1 is 0.875 bits per heavy atom. The predicted octanol–water partition coefficient (Wildman–Crippen LogP) is 6.07. The molecule has 3 N–H and O–H groups in total. The summed E-state index contributed by atoms with van der Waals surface area (Å²) in [4.78, 5) is 12.6. The molecule has 3 aromatic carbocycles. The highest BCUT2D eigenvalue weighted by Crippen LogP contribution is 2.26. The molecule has 0 saturated carbocycles. The third-order valence-corrected chi connectivity index (χ3v) is 5.63. The average Bonchev–Trinajstić information content (AvgIpc) is 2.79. The van der Waals surface area contributed by atoms with E-state index in [0.29, 0.717) is 5.56 Å². The lowest BCUT2D eigenvalue weighted by atomic mass is 9.98. The first-order chi connectivity index (χ1) is 15.3. The third kappa shape index (κ3) is 5.27. The van der Waals surface area contributed by atoms with Crippen LogP contribution in [0.25, 0.3) is 11.4 Å². The number of rotatable bonds is 8. The van der Waals surface area contributed by atoms with Crippen molar-refractivity contribution in [1.82, 2.24) is 10.6 Å². The van der Waals surface area contributed by atoms with Crippen LogP contribution in [0.4, 0.5) is 5.69 Å². The van der Waals surface area contributed by atoms with Gasteiger partial charge in [-0.3, -0.25) is 4.79 Å². The maximum absolute atomic E-state index is 12.6. The largest absolute Gasteiger partial charge is 0.388 e. The Balaban J connectivity index is 1.73. The molecule has 0 spiro atoms. The molecule has 1 amide bonds.